The summed E-state index contributed by atoms with van der Waals surface area (Å²) in [5.41, 5.74) is 3.57. The smallest absolute Gasteiger partial charge is 0.264 e. The van der Waals surface area contributed by atoms with E-state index in [2.05, 4.69) is 10.3 Å². The van der Waals surface area contributed by atoms with Crippen molar-refractivity contribution in [3.05, 3.63) is 92.3 Å². The van der Waals surface area contributed by atoms with Crippen LogP contribution in [0.25, 0.3) is 6.08 Å². The third-order valence-electron chi connectivity index (χ3n) is 4.88. The lowest BCUT2D eigenvalue weighted by atomic mass is 10.2. The molecule has 0 saturated carbocycles. The predicted octanol–water partition coefficient (Wildman–Crippen LogP) is 7.17. The Balaban J connectivity index is 1.51. The first-order chi connectivity index (χ1) is 16.4. The Labute approximate surface area is 212 Å². The topological polar surface area (TPSA) is 59.9 Å². The number of ether oxygens (including phenoxy) is 2. The van der Waals surface area contributed by atoms with Crippen molar-refractivity contribution in [3.8, 4) is 11.5 Å². The molecular weight excluding hydrogens is 491 g/mol. The van der Waals surface area contributed by atoms with Crippen LogP contribution in [0.15, 0.2) is 70.6 Å². The number of benzene rings is 3. The summed E-state index contributed by atoms with van der Waals surface area (Å²) in [6.45, 7) is 4.66. The number of hydrogen-bond acceptors (Lipinski definition) is 5. The van der Waals surface area contributed by atoms with Gasteiger partial charge in [0.1, 0.15) is 6.61 Å². The number of aliphatic imine (C=N–C) groups is 1. The van der Waals surface area contributed by atoms with E-state index in [1.807, 2.05) is 62.4 Å². The van der Waals surface area contributed by atoms with E-state index in [4.69, 9.17) is 32.7 Å². The molecule has 3 aromatic carbocycles. The Bertz CT molecular complexity index is 1270. The van der Waals surface area contributed by atoms with E-state index in [-0.39, 0.29) is 12.5 Å². The van der Waals surface area contributed by atoms with Gasteiger partial charge >= 0.3 is 0 Å². The third-order valence-corrected chi connectivity index (χ3v) is 6.38. The summed E-state index contributed by atoms with van der Waals surface area (Å²) < 4.78 is 11.7. The molecule has 3 aromatic rings. The van der Waals surface area contributed by atoms with E-state index in [1.165, 1.54) is 11.8 Å². The van der Waals surface area contributed by atoms with E-state index < -0.39 is 0 Å². The Morgan fingerprint density at radius 3 is 2.53 bits per heavy atom. The van der Waals surface area contributed by atoms with Crippen LogP contribution in [-0.4, -0.2) is 17.7 Å². The Hall–Kier alpha value is -2.93. The fraction of sp³-hybridized carbons (Fsp3) is 0.154. The molecule has 0 radical (unpaired) electrons. The first-order valence-corrected chi connectivity index (χ1v) is 12.2. The zero-order chi connectivity index (χ0) is 24.1. The molecule has 1 amide bonds. The number of nitrogens with one attached hydrogen (secondary N) is 1. The number of amides is 1. The average Bonchev–Trinajstić information content (AvgIpc) is 3.14. The average molecular weight is 513 g/mol. The molecule has 0 spiro atoms. The predicted molar refractivity (Wildman–Crippen MR) is 140 cm³/mol. The SMILES string of the molecule is CCOc1cc(/C=C2\SC(=Nc3ccc(C)cc3)NC2=O)ccc1OCc1ccc(Cl)cc1Cl. The fourth-order valence-corrected chi connectivity index (χ4v) is 4.47. The number of nitrogens with zero attached hydrogens (tertiary/aromatic N) is 1. The van der Waals surface area contributed by atoms with Gasteiger partial charge in [-0.1, -0.05) is 53.0 Å². The van der Waals surface area contributed by atoms with Gasteiger partial charge in [0.05, 0.1) is 17.2 Å². The van der Waals surface area contributed by atoms with Gasteiger partial charge in [-0.25, -0.2) is 4.99 Å². The summed E-state index contributed by atoms with van der Waals surface area (Å²) in [5.74, 6) is 0.977. The second kappa shape index (κ2) is 11.0. The summed E-state index contributed by atoms with van der Waals surface area (Å²) >= 11 is 13.5. The highest BCUT2D eigenvalue weighted by molar-refractivity contribution is 8.18. The van der Waals surface area contributed by atoms with Crippen LogP contribution >= 0.6 is 35.0 Å². The molecule has 1 aliphatic heterocycles. The van der Waals surface area contributed by atoms with Crippen LogP contribution in [-0.2, 0) is 11.4 Å². The van der Waals surface area contributed by atoms with Gasteiger partial charge in [0.25, 0.3) is 5.91 Å². The van der Waals surface area contributed by atoms with Gasteiger partial charge in [0.15, 0.2) is 16.7 Å². The van der Waals surface area contributed by atoms with Crippen molar-refractivity contribution in [2.24, 2.45) is 4.99 Å². The summed E-state index contributed by atoms with van der Waals surface area (Å²) in [7, 11) is 0. The van der Waals surface area contributed by atoms with E-state index in [0.29, 0.717) is 38.2 Å². The Morgan fingerprint density at radius 1 is 1.00 bits per heavy atom. The van der Waals surface area contributed by atoms with Crippen LogP contribution < -0.4 is 14.8 Å². The van der Waals surface area contributed by atoms with Gasteiger partial charge in [-0.2, -0.15) is 0 Å². The molecule has 0 aliphatic carbocycles. The van der Waals surface area contributed by atoms with Gasteiger partial charge < -0.3 is 14.8 Å². The van der Waals surface area contributed by atoms with Crippen molar-refractivity contribution in [3.63, 3.8) is 0 Å². The number of amidine groups is 1. The fourth-order valence-electron chi connectivity index (χ4n) is 3.16. The van der Waals surface area contributed by atoms with Crippen molar-refractivity contribution in [2.75, 3.05) is 6.61 Å². The summed E-state index contributed by atoms with van der Waals surface area (Å²) in [5, 5.41) is 4.47. The normalized spacial score (nSPS) is 15.6. The van der Waals surface area contributed by atoms with Gasteiger partial charge in [0.2, 0.25) is 0 Å². The van der Waals surface area contributed by atoms with Gasteiger partial charge in [0, 0.05) is 15.6 Å². The number of halogens is 2. The molecule has 0 aromatic heterocycles. The maximum Gasteiger partial charge on any atom is 0.264 e. The van der Waals surface area contributed by atoms with Crippen molar-refractivity contribution in [1.29, 1.82) is 0 Å². The van der Waals surface area contributed by atoms with Gasteiger partial charge in [-0.15, -0.1) is 0 Å². The lowest BCUT2D eigenvalue weighted by Gasteiger charge is -2.13. The molecular formula is C26H22Cl2N2O3S. The summed E-state index contributed by atoms with van der Waals surface area (Å²) in [6.07, 6.45) is 1.81. The highest BCUT2D eigenvalue weighted by Crippen LogP contribution is 2.33. The number of rotatable bonds is 7. The molecule has 8 heteroatoms. The lowest BCUT2D eigenvalue weighted by Crippen LogP contribution is -2.19. The van der Waals surface area contributed by atoms with E-state index >= 15 is 0 Å². The van der Waals surface area contributed by atoms with Crippen LogP contribution in [0.3, 0.4) is 0 Å². The van der Waals surface area contributed by atoms with Crippen molar-refractivity contribution in [2.45, 2.75) is 20.5 Å². The van der Waals surface area contributed by atoms with E-state index in [1.54, 1.807) is 18.2 Å². The number of hydrogen-bond donors (Lipinski definition) is 1. The summed E-state index contributed by atoms with van der Waals surface area (Å²) in [4.78, 5) is 17.5. The molecule has 1 heterocycles. The van der Waals surface area contributed by atoms with E-state index in [0.717, 1.165) is 22.4 Å². The first-order valence-electron chi connectivity index (χ1n) is 10.6. The Kier molecular flexibility index (Phi) is 7.83. The summed E-state index contributed by atoms with van der Waals surface area (Å²) in [6, 6.07) is 18.6. The molecule has 1 saturated heterocycles. The minimum atomic E-state index is -0.188. The van der Waals surface area contributed by atoms with Crippen molar-refractivity contribution < 1.29 is 14.3 Å². The molecule has 0 atom stereocenters. The quantitative estimate of drug-likeness (QED) is 0.340. The molecule has 34 heavy (non-hydrogen) atoms. The van der Waals surface area contributed by atoms with Crippen LogP contribution in [0.5, 0.6) is 11.5 Å². The largest absolute Gasteiger partial charge is 0.490 e. The minimum absolute atomic E-state index is 0.188. The van der Waals surface area contributed by atoms with Gasteiger partial charge in [-0.3, -0.25) is 4.79 Å². The first kappa shape index (κ1) is 24.2. The second-order valence-electron chi connectivity index (χ2n) is 7.48. The zero-order valence-electron chi connectivity index (χ0n) is 18.6. The maximum atomic E-state index is 12.5. The maximum absolute atomic E-state index is 12.5. The lowest BCUT2D eigenvalue weighted by molar-refractivity contribution is -0.115. The van der Waals surface area contributed by atoms with Crippen molar-refractivity contribution in [1.82, 2.24) is 5.32 Å². The minimum Gasteiger partial charge on any atom is -0.490 e. The molecule has 174 valence electrons. The number of carbonyl (C=O) groups excluding carboxylic acids is 1. The van der Waals surface area contributed by atoms with E-state index in [9.17, 15) is 4.79 Å². The molecule has 0 unspecified atom stereocenters. The molecule has 1 N–H and O–H groups in total. The molecule has 5 nitrogen and oxygen atoms in total. The zero-order valence-corrected chi connectivity index (χ0v) is 20.9. The highest BCUT2D eigenvalue weighted by Gasteiger charge is 2.24. The van der Waals surface area contributed by atoms with Crippen LogP contribution in [0, 0.1) is 6.92 Å². The van der Waals surface area contributed by atoms with Crippen LogP contribution in [0.1, 0.15) is 23.6 Å². The number of thioether (sulfide) groups is 1. The number of carbonyl (C=O) groups is 1. The van der Waals surface area contributed by atoms with Gasteiger partial charge in [-0.05, 0) is 73.6 Å². The number of aryl methyl sites for hydroxylation is 1. The van der Waals surface area contributed by atoms with Crippen LogP contribution in [0.4, 0.5) is 5.69 Å². The molecule has 1 fully saturated rings. The van der Waals surface area contributed by atoms with Crippen LogP contribution in [0.2, 0.25) is 10.0 Å². The highest BCUT2D eigenvalue weighted by atomic mass is 35.5. The monoisotopic (exact) mass is 512 g/mol. The standard InChI is InChI=1S/C26H22Cl2N2O3S/c1-3-32-23-12-17(6-11-22(23)33-15-18-7-8-19(27)14-21(18)28)13-24-25(31)30-26(34-24)29-20-9-4-16(2)5-10-20/h4-14H,3,15H2,1-2H3,(H,29,30,31)/b24-13-. The second-order valence-corrected chi connectivity index (χ2v) is 9.36. The third kappa shape index (κ3) is 6.14. The molecule has 4 rings (SSSR count). The molecule has 0 bridgehead atoms. The van der Waals surface area contributed by atoms with Crippen molar-refractivity contribution >= 4 is 57.8 Å². The Morgan fingerprint density at radius 2 is 1.79 bits per heavy atom. The molecule has 1 aliphatic rings.